The number of ether oxygens (including phenoxy) is 1. The number of rotatable bonds is 6. The predicted octanol–water partition coefficient (Wildman–Crippen LogP) is 1.20. The van der Waals surface area contributed by atoms with Gasteiger partial charge in [-0.15, -0.1) is 10.2 Å². The summed E-state index contributed by atoms with van der Waals surface area (Å²) >= 11 is 1.69. The third-order valence-electron chi connectivity index (χ3n) is 2.68. The summed E-state index contributed by atoms with van der Waals surface area (Å²) in [5, 5.41) is 9.30. The van der Waals surface area contributed by atoms with Gasteiger partial charge in [-0.2, -0.15) is 0 Å². The highest BCUT2D eigenvalue weighted by Crippen LogP contribution is 2.38. The van der Waals surface area contributed by atoms with E-state index in [1.54, 1.807) is 18.9 Å². The molecule has 0 spiro atoms. The fraction of sp³-hybridized carbons (Fsp3) is 0.800. The third kappa shape index (κ3) is 2.56. The minimum atomic E-state index is 0.232. The van der Waals surface area contributed by atoms with E-state index in [0.717, 1.165) is 16.7 Å². The van der Waals surface area contributed by atoms with E-state index in [9.17, 15) is 0 Å². The Balaban J connectivity index is 2.05. The summed E-state index contributed by atoms with van der Waals surface area (Å²) in [5.41, 5.74) is 5.65. The Morgan fingerprint density at radius 1 is 1.56 bits per heavy atom. The summed E-state index contributed by atoms with van der Waals surface area (Å²) in [5.74, 6) is 1.79. The molecule has 5 nitrogen and oxygen atoms in total. The molecule has 0 aliphatic heterocycles. The van der Waals surface area contributed by atoms with Crippen molar-refractivity contribution in [2.75, 3.05) is 12.9 Å². The van der Waals surface area contributed by atoms with E-state index in [1.807, 2.05) is 0 Å². The monoisotopic (exact) mass is 242 g/mol. The molecule has 1 unspecified atom stereocenters. The zero-order chi connectivity index (χ0) is 11.5. The SMILES string of the molecule is COC(C)CSc1nnc(CN)n1C1CC1. The van der Waals surface area contributed by atoms with Crippen molar-refractivity contribution in [3.8, 4) is 0 Å². The zero-order valence-electron chi connectivity index (χ0n) is 9.72. The molecule has 0 radical (unpaired) electrons. The zero-order valence-corrected chi connectivity index (χ0v) is 10.5. The van der Waals surface area contributed by atoms with Crippen molar-refractivity contribution < 1.29 is 4.74 Å². The van der Waals surface area contributed by atoms with Crippen LogP contribution in [-0.4, -0.2) is 33.7 Å². The number of methoxy groups -OCH3 is 1. The normalized spacial score (nSPS) is 17.7. The first-order chi connectivity index (χ1) is 7.76. The smallest absolute Gasteiger partial charge is 0.191 e. The number of aromatic nitrogens is 3. The van der Waals surface area contributed by atoms with Crippen LogP contribution >= 0.6 is 11.8 Å². The lowest BCUT2D eigenvalue weighted by molar-refractivity contribution is 0.137. The summed E-state index contributed by atoms with van der Waals surface area (Å²) < 4.78 is 7.41. The summed E-state index contributed by atoms with van der Waals surface area (Å²) in [6.07, 6.45) is 2.67. The molecule has 0 amide bonds. The van der Waals surface area contributed by atoms with Gasteiger partial charge in [-0.3, -0.25) is 0 Å². The maximum Gasteiger partial charge on any atom is 0.191 e. The number of thioether (sulfide) groups is 1. The molecule has 1 atom stereocenters. The maximum atomic E-state index is 5.65. The summed E-state index contributed by atoms with van der Waals surface area (Å²) in [7, 11) is 1.72. The average Bonchev–Trinajstić information content (AvgIpc) is 3.06. The highest BCUT2D eigenvalue weighted by molar-refractivity contribution is 7.99. The van der Waals surface area contributed by atoms with Crippen LogP contribution in [0.3, 0.4) is 0 Å². The first-order valence-corrected chi connectivity index (χ1v) is 6.54. The van der Waals surface area contributed by atoms with E-state index in [1.165, 1.54) is 12.8 Å². The van der Waals surface area contributed by atoms with Gasteiger partial charge in [0.25, 0.3) is 0 Å². The summed E-state index contributed by atoms with van der Waals surface area (Å²) in [4.78, 5) is 0. The van der Waals surface area contributed by atoms with Crippen LogP contribution in [0.15, 0.2) is 5.16 Å². The minimum Gasteiger partial charge on any atom is -0.381 e. The van der Waals surface area contributed by atoms with Crippen molar-refractivity contribution in [3.63, 3.8) is 0 Å². The first kappa shape index (κ1) is 11.9. The molecule has 0 aromatic carbocycles. The van der Waals surface area contributed by atoms with Crippen LogP contribution < -0.4 is 5.73 Å². The largest absolute Gasteiger partial charge is 0.381 e. The predicted molar refractivity (Wildman–Crippen MR) is 63.4 cm³/mol. The van der Waals surface area contributed by atoms with Gasteiger partial charge < -0.3 is 15.0 Å². The van der Waals surface area contributed by atoms with Gasteiger partial charge in [0, 0.05) is 18.9 Å². The van der Waals surface area contributed by atoms with Gasteiger partial charge in [0.15, 0.2) is 5.16 Å². The third-order valence-corrected chi connectivity index (χ3v) is 3.85. The Labute approximate surface area is 99.7 Å². The van der Waals surface area contributed by atoms with E-state index in [4.69, 9.17) is 10.5 Å². The molecule has 6 heteroatoms. The topological polar surface area (TPSA) is 66.0 Å². The van der Waals surface area contributed by atoms with Gasteiger partial charge in [-0.25, -0.2) is 0 Å². The first-order valence-electron chi connectivity index (χ1n) is 5.55. The van der Waals surface area contributed by atoms with Gasteiger partial charge in [0.05, 0.1) is 12.6 Å². The summed E-state index contributed by atoms with van der Waals surface area (Å²) in [6, 6.07) is 0.578. The molecule has 0 saturated heterocycles. The molecule has 2 N–H and O–H groups in total. The molecular formula is C10H18N4OS. The second-order valence-electron chi connectivity index (χ2n) is 4.06. The minimum absolute atomic E-state index is 0.232. The van der Waals surface area contributed by atoms with Crippen molar-refractivity contribution in [1.29, 1.82) is 0 Å². The van der Waals surface area contributed by atoms with Gasteiger partial charge in [0.2, 0.25) is 0 Å². The van der Waals surface area contributed by atoms with Crippen molar-refractivity contribution in [2.24, 2.45) is 5.73 Å². The number of nitrogens with two attached hydrogens (primary N) is 1. The van der Waals surface area contributed by atoms with Crippen LogP contribution in [0.4, 0.5) is 0 Å². The van der Waals surface area contributed by atoms with E-state index in [0.29, 0.717) is 12.6 Å². The Kier molecular flexibility index (Phi) is 3.83. The van der Waals surface area contributed by atoms with E-state index in [2.05, 4.69) is 21.7 Å². The average molecular weight is 242 g/mol. The number of hydrogen-bond donors (Lipinski definition) is 1. The molecule has 2 rings (SSSR count). The Morgan fingerprint density at radius 2 is 2.31 bits per heavy atom. The van der Waals surface area contributed by atoms with Crippen LogP contribution in [0.25, 0.3) is 0 Å². The number of nitrogens with zero attached hydrogens (tertiary/aromatic N) is 3. The van der Waals surface area contributed by atoms with Crippen LogP contribution in [0.1, 0.15) is 31.6 Å². The van der Waals surface area contributed by atoms with Crippen LogP contribution in [0.5, 0.6) is 0 Å². The van der Waals surface area contributed by atoms with E-state index in [-0.39, 0.29) is 6.10 Å². The summed E-state index contributed by atoms with van der Waals surface area (Å²) in [6.45, 7) is 2.51. The van der Waals surface area contributed by atoms with Gasteiger partial charge in [-0.05, 0) is 19.8 Å². The molecule has 1 fully saturated rings. The Hall–Kier alpha value is -0.590. The molecule has 1 aromatic heterocycles. The molecule has 1 saturated carbocycles. The van der Waals surface area contributed by atoms with Crippen molar-refractivity contribution in [3.05, 3.63) is 5.82 Å². The maximum absolute atomic E-state index is 5.65. The van der Waals surface area contributed by atoms with Crippen LogP contribution in [0, 0.1) is 0 Å². The second-order valence-corrected chi connectivity index (χ2v) is 5.05. The van der Waals surface area contributed by atoms with Crippen LogP contribution in [0.2, 0.25) is 0 Å². The molecule has 1 aromatic rings. The van der Waals surface area contributed by atoms with Crippen LogP contribution in [-0.2, 0) is 11.3 Å². The second kappa shape index (κ2) is 5.16. The van der Waals surface area contributed by atoms with Crippen molar-refractivity contribution >= 4 is 11.8 Å². The molecule has 90 valence electrons. The highest BCUT2D eigenvalue weighted by atomic mass is 32.2. The quantitative estimate of drug-likeness (QED) is 0.759. The molecule has 1 aliphatic rings. The number of hydrogen-bond acceptors (Lipinski definition) is 5. The molecule has 16 heavy (non-hydrogen) atoms. The lowest BCUT2D eigenvalue weighted by Crippen LogP contribution is -2.10. The van der Waals surface area contributed by atoms with Gasteiger partial charge in [-0.1, -0.05) is 11.8 Å². The molecule has 1 aliphatic carbocycles. The highest BCUT2D eigenvalue weighted by Gasteiger charge is 2.29. The standard InChI is InChI=1S/C10H18N4OS/c1-7(15-2)6-16-10-13-12-9(5-11)14(10)8-3-4-8/h7-8H,3-6,11H2,1-2H3. The fourth-order valence-corrected chi connectivity index (χ4v) is 2.52. The van der Waals surface area contributed by atoms with E-state index >= 15 is 0 Å². The molecule has 1 heterocycles. The fourth-order valence-electron chi connectivity index (χ4n) is 1.50. The lowest BCUT2D eigenvalue weighted by atomic mass is 10.5. The van der Waals surface area contributed by atoms with E-state index < -0.39 is 0 Å². The molecule has 0 bridgehead atoms. The Bertz CT molecular complexity index is 351. The van der Waals surface area contributed by atoms with Gasteiger partial charge >= 0.3 is 0 Å². The van der Waals surface area contributed by atoms with Crippen molar-refractivity contribution in [2.45, 2.75) is 43.6 Å². The van der Waals surface area contributed by atoms with Gasteiger partial charge in [0.1, 0.15) is 5.82 Å². The molecular weight excluding hydrogens is 224 g/mol. The van der Waals surface area contributed by atoms with Crippen molar-refractivity contribution in [1.82, 2.24) is 14.8 Å². The lowest BCUT2D eigenvalue weighted by Gasteiger charge is -2.10. The Morgan fingerprint density at radius 3 is 2.88 bits per heavy atom.